The molecule has 0 saturated heterocycles. The number of nitrogens with one attached hydrogen (secondary N) is 1. The van der Waals surface area contributed by atoms with E-state index in [1.54, 1.807) is 0 Å². The lowest BCUT2D eigenvalue weighted by molar-refractivity contribution is -0.142. The van der Waals surface area contributed by atoms with Crippen LogP contribution in [0, 0.1) is 0 Å². The number of rotatable bonds is 8. The van der Waals surface area contributed by atoms with E-state index < -0.39 is 0 Å². The normalized spacial score (nSPS) is 12.1. The van der Waals surface area contributed by atoms with Gasteiger partial charge in [0, 0.05) is 13.1 Å². The first-order valence-electron chi connectivity index (χ1n) is 6.69. The summed E-state index contributed by atoms with van der Waals surface area (Å²) in [6.07, 6.45) is 1.54. The van der Waals surface area contributed by atoms with Crippen LogP contribution < -0.4 is 5.32 Å². The van der Waals surface area contributed by atoms with E-state index in [9.17, 15) is 4.79 Å². The van der Waals surface area contributed by atoms with Crippen molar-refractivity contribution in [3.05, 3.63) is 35.9 Å². The summed E-state index contributed by atoms with van der Waals surface area (Å²) in [5, 5.41) is 3.32. The molecule has 3 heteroatoms. The Morgan fingerprint density at radius 1 is 1.28 bits per heavy atom. The van der Waals surface area contributed by atoms with Crippen molar-refractivity contribution in [1.29, 1.82) is 0 Å². The van der Waals surface area contributed by atoms with Crippen LogP contribution in [0.4, 0.5) is 0 Å². The second-order valence-corrected chi connectivity index (χ2v) is 4.28. The Kier molecular flexibility index (Phi) is 7.11. The molecule has 0 radical (unpaired) electrons. The van der Waals surface area contributed by atoms with Gasteiger partial charge in [-0.15, -0.1) is 0 Å². The summed E-state index contributed by atoms with van der Waals surface area (Å²) < 4.78 is 4.88. The van der Waals surface area contributed by atoms with E-state index in [0.29, 0.717) is 25.5 Å². The van der Waals surface area contributed by atoms with Crippen molar-refractivity contribution in [2.24, 2.45) is 0 Å². The summed E-state index contributed by atoms with van der Waals surface area (Å²) in [7, 11) is 0. The molecule has 0 heterocycles. The van der Waals surface area contributed by atoms with E-state index in [0.717, 1.165) is 13.0 Å². The van der Waals surface area contributed by atoms with Gasteiger partial charge >= 0.3 is 5.97 Å². The topological polar surface area (TPSA) is 38.3 Å². The van der Waals surface area contributed by atoms with Crippen molar-refractivity contribution in [2.75, 3.05) is 19.7 Å². The van der Waals surface area contributed by atoms with Crippen molar-refractivity contribution < 1.29 is 9.53 Å². The van der Waals surface area contributed by atoms with Crippen LogP contribution in [0.2, 0.25) is 0 Å². The zero-order valence-electron chi connectivity index (χ0n) is 11.3. The van der Waals surface area contributed by atoms with Crippen LogP contribution >= 0.6 is 0 Å². The summed E-state index contributed by atoms with van der Waals surface area (Å²) in [4.78, 5) is 11.2. The van der Waals surface area contributed by atoms with Gasteiger partial charge in [-0.3, -0.25) is 4.79 Å². The minimum Gasteiger partial charge on any atom is -0.466 e. The molecule has 1 rings (SSSR count). The largest absolute Gasteiger partial charge is 0.466 e. The molecule has 1 aromatic rings. The van der Waals surface area contributed by atoms with Gasteiger partial charge < -0.3 is 10.1 Å². The molecule has 0 aliphatic heterocycles. The van der Waals surface area contributed by atoms with Gasteiger partial charge in [0.05, 0.1) is 13.0 Å². The van der Waals surface area contributed by atoms with Gasteiger partial charge in [-0.1, -0.05) is 37.3 Å². The molecule has 18 heavy (non-hydrogen) atoms. The molecule has 1 aromatic carbocycles. The third kappa shape index (κ3) is 5.32. The van der Waals surface area contributed by atoms with Crippen LogP contribution in [-0.4, -0.2) is 25.7 Å². The summed E-state index contributed by atoms with van der Waals surface area (Å²) in [5.41, 5.74) is 1.35. The maximum Gasteiger partial charge on any atom is 0.307 e. The monoisotopic (exact) mass is 249 g/mol. The summed E-state index contributed by atoms with van der Waals surface area (Å²) in [5.74, 6) is 0.381. The molecule has 3 nitrogen and oxygen atoms in total. The van der Waals surface area contributed by atoms with Crippen molar-refractivity contribution in [3.63, 3.8) is 0 Å². The number of benzene rings is 1. The predicted molar refractivity (Wildman–Crippen MR) is 73.6 cm³/mol. The molecule has 0 amide bonds. The number of esters is 1. The van der Waals surface area contributed by atoms with Gasteiger partial charge in [0.25, 0.3) is 0 Å². The lowest BCUT2D eigenvalue weighted by atomic mass is 9.96. The zero-order valence-corrected chi connectivity index (χ0v) is 11.3. The van der Waals surface area contributed by atoms with E-state index in [4.69, 9.17) is 4.74 Å². The Labute approximate surface area is 110 Å². The zero-order chi connectivity index (χ0) is 13.2. The van der Waals surface area contributed by atoms with Crippen molar-refractivity contribution in [3.8, 4) is 0 Å². The minimum atomic E-state index is -0.127. The fourth-order valence-corrected chi connectivity index (χ4v) is 1.92. The standard InChI is InChI=1S/C15H23NO2/c1-3-13(14-8-6-5-7-9-14)12-16-11-10-15(17)18-4-2/h5-9,13,16H,3-4,10-12H2,1-2H3. The van der Waals surface area contributed by atoms with Crippen molar-refractivity contribution in [1.82, 2.24) is 5.32 Å². The average Bonchev–Trinajstić information content (AvgIpc) is 2.40. The maximum absolute atomic E-state index is 11.2. The van der Waals surface area contributed by atoms with Gasteiger partial charge in [-0.25, -0.2) is 0 Å². The lowest BCUT2D eigenvalue weighted by Gasteiger charge is -2.16. The van der Waals surface area contributed by atoms with Crippen molar-refractivity contribution in [2.45, 2.75) is 32.6 Å². The first-order valence-corrected chi connectivity index (χ1v) is 6.69. The van der Waals surface area contributed by atoms with Crippen LogP contribution in [-0.2, 0) is 9.53 Å². The second kappa shape index (κ2) is 8.70. The Hall–Kier alpha value is -1.35. The molecule has 0 spiro atoms. The third-order valence-electron chi connectivity index (χ3n) is 2.97. The molecule has 100 valence electrons. The highest BCUT2D eigenvalue weighted by Crippen LogP contribution is 2.17. The molecule has 1 unspecified atom stereocenters. The SMILES string of the molecule is CCOC(=O)CCNCC(CC)c1ccccc1. The van der Waals surface area contributed by atoms with E-state index in [1.165, 1.54) is 5.56 Å². The number of hydrogen-bond donors (Lipinski definition) is 1. The second-order valence-electron chi connectivity index (χ2n) is 4.28. The Bertz CT molecular complexity index is 338. The van der Waals surface area contributed by atoms with Crippen LogP contribution in [0.15, 0.2) is 30.3 Å². The fraction of sp³-hybridized carbons (Fsp3) is 0.533. The first kappa shape index (κ1) is 14.7. The Balaban J connectivity index is 2.26. The molecular formula is C15H23NO2. The average molecular weight is 249 g/mol. The Morgan fingerprint density at radius 2 is 2.00 bits per heavy atom. The van der Waals surface area contributed by atoms with Crippen LogP contribution in [0.3, 0.4) is 0 Å². The highest BCUT2D eigenvalue weighted by molar-refractivity contribution is 5.69. The molecule has 0 saturated carbocycles. The van der Waals surface area contributed by atoms with E-state index >= 15 is 0 Å². The van der Waals surface area contributed by atoms with Crippen LogP contribution in [0.1, 0.15) is 38.2 Å². The number of hydrogen-bond acceptors (Lipinski definition) is 3. The molecule has 1 atom stereocenters. The van der Waals surface area contributed by atoms with Gasteiger partial charge in [0.2, 0.25) is 0 Å². The van der Waals surface area contributed by atoms with Gasteiger partial charge in [0.15, 0.2) is 0 Å². The maximum atomic E-state index is 11.2. The smallest absolute Gasteiger partial charge is 0.307 e. The molecule has 0 aliphatic rings. The van der Waals surface area contributed by atoms with Gasteiger partial charge in [-0.05, 0) is 24.8 Å². The molecule has 0 aromatic heterocycles. The summed E-state index contributed by atoms with van der Waals surface area (Å²) >= 11 is 0. The number of ether oxygens (including phenoxy) is 1. The van der Waals surface area contributed by atoms with Gasteiger partial charge in [0.1, 0.15) is 0 Å². The summed E-state index contributed by atoms with van der Waals surface area (Å²) in [6, 6.07) is 10.5. The van der Waals surface area contributed by atoms with E-state index in [2.05, 4.69) is 36.5 Å². The lowest BCUT2D eigenvalue weighted by Crippen LogP contribution is -2.24. The third-order valence-corrected chi connectivity index (χ3v) is 2.97. The van der Waals surface area contributed by atoms with Crippen molar-refractivity contribution >= 4 is 5.97 Å². The first-order chi connectivity index (χ1) is 8.77. The molecule has 0 fully saturated rings. The number of carbonyl (C=O) groups excluding carboxylic acids is 1. The summed E-state index contributed by atoms with van der Waals surface area (Å²) in [6.45, 7) is 6.06. The van der Waals surface area contributed by atoms with Gasteiger partial charge in [-0.2, -0.15) is 0 Å². The fourth-order valence-electron chi connectivity index (χ4n) is 1.92. The molecule has 0 aliphatic carbocycles. The van der Waals surface area contributed by atoms with E-state index in [-0.39, 0.29) is 5.97 Å². The van der Waals surface area contributed by atoms with Crippen LogP contribution in [0.25, 0.3) is 0 Å². The van der Waals surface area contributed by atoms with E-state index in [1.807, 2.05) is 13.0 Å². The quantitative estimate of drug-likeness (QED) is 0.568. The van der Waals surface area contributed by atoms with Crippen LogP contribution in [0.5, 0.6) is 0 Å². The highest BCUT2D eigenvalue weighted by Gasteiger charge is 2.08. The molecule has 1 N–H and O–H groups in total. The molecule has 0 bridgehead atoms. The highest BCUT2D eigenvalue weighted by atomic mass is 16.5. The predicted octanol–water partition coefficient (Wildman–Crippen LogP) is 2.72. The Morgan fingerprint density at radius 3 is 2.61 bits per heavy atom. The number of carbonyl (C=O) groups is 1. The minimum absolute atomic E-state index is 0.127. The molecular weight excluding hydrogens is 226 g/mol.